The van der Waals surface area contributed by atoms with E-state index in [0.717, 1.165) is 0 Å². The van der Waals surface area contributed by atoms with Crippen molar-refractivity contribution < 1.29 is 53.5 Å². The number of aromatic nitrogens is 4. The van der Waals surface area contributed by atoms with Crippen LogP contribution in [0.2, 0.25) is 0 Å². The van der Waals surface area contributed by atoms with Gasteiger partial charge in [0.15, 0.2) is 67.7 Å². The van der Waals surface area contributed by atoms with Crippen molar-refractivity contribution in [3.8, 4) is 21.5 Å². The summed E-state index contributed by atoms with van der Waals surface area (Å²) in [6.45, 7) is 0. The van der Waals surface area contributed by atoms with Gasteiger partial charge >= 0.3 is 0 Å². The van der Waals surface area contributed by atoms with Crippen LogP contribution in [-0.2, 0) is 0 Å². The molecule has 4 heterocycles. The van der Waals surface area contributed by atoms with E-state index >= 15 is 0 Å². The third-order valence-electron chi connectivity index (χ3n) is 7.37. The van der Waals surface area contributed by atoms with Crippen molar-refractivity contribution in [1.82, 2.24) is 19.9 Å². The van der Waals surface area contributed by atoms with Gasteiger partial charge < -0.3 is 8.83 Å². The predicted octanol–water partition coefficient (Wildman–Crippen LogP) is 8.94. The van der Waals surface area contributed by atoms with Crippen molar-refractivity contribution in [3.63, 3.8) is 0 Å². The zero-order valence-corrected chi connectivity index (χ0v) is 25.5. The highest BCUT2D eigenvalue weighted by Crippen LogP contribution is 2.36. The molecule has 0 radical (unpaired) electrons. The Labute approximate surface area is 278 Å². The van der Waals surface area contributed by atoms with Crippen molar-refractivity contribution in [2.24, 2.45) is 0 Å². The van der Waals surface area contributed by atoms with Crippen molar-refractivity contribution in [2.45, 2.75) is 0 Å². The SMILES string of the molecule is O=C(c1ncc(-c2nc3cc4cc5oc(-c6cnc(C(=O)c7cc(F)c(F)c(F)c7F)s6)nc5cc4cc3o2)s1)c1cc(F)c(F)c(F)c1F. The average Bonchev–Trinajstić information content (AvgIpc) is 3.92. The first-order chi connectivity index (χ1) is 23.9. The van der Waals surface area contributed by atoms with Gasteiger partial charge in [0, 0.05) is 0 Å². The van der Waals surface area contributed by atoms with Crippen LogP contribution in [0.5, 0.6) is 0 Å². The Morgan fingerprint density at radius 1 is 0.520 bits per heavy atom. The lowest BCUT2D eigenvalue weighted by molar-refractivity contribution is 0.102. The third-order valence-corrected chi connectivity index (χ3v) is 9.34. The normalized spacial score (nSPS) is 11.8. The van der Waals surface area contributed by atoms with Gasteiger partial charge in [-0.25, -0.2) is 55.1 Å². The highest BCUT2D eigenvalue weighted by Gasteiger charge is 2.28. The molecule has 0 saturated carbocycles. The number of rotatable bonds is 6. The molecule has 4 aromatic carbocycles. The molecule has 0 saturated heterocycles. The number of carbonyl (C=O) groups excluding carboxylic acids is 2. The molecule has 18 heteroatoms. The lowest BCUT2D eigenvalue weighted by Gasteiger charge is -2.03. The monoisotopic (exact) mass is 728 g/mol. The fraction of sp³-hybridized carbons (Fsp3) is 0. The Hall–Kier alpha value is -5.88. The lowest BCUT2D eigenvalue weighted by Crippen LogP contribution is -2.08. The molecule has 0 unspecified atom stereocenters. The Bertz CT molecular complexity index is 2520. The van der Waals surface area contributed by atoms with Gasteiger partial charge in [-0.3, -0.25) is 9.59 Å². The molecule has 50 heavy (non-hydrogen) atoms. The van der Waals surface area contributed by atoms with Crippen LogP contribution < -0.4 is 0 Å². The third kappa shape index (κ3) is 4.94. The van der Waals surface area contributed by atoms with Gasteiger partial charge in [-0.1, -0.05) is 0 Å². The number of oxazole rings is 2. The summed E-state index contributed by atoms with van der Waals surface area (Å²) >= 11 is 1.40. The summed E-state index contributed by atoms with van der Waals surface area (Å²) in [5, 5.41) is 0.530. The summed E-state index contributed by atoms with van der Waals surface area (Å²) in [5.41, 5.74) is -0.731. The van der Waals surface area contributed by atoms with E-state index in [9.17, 15) is 44.7 Å². The van der Waals surface area contributed by atoms with Gasteiger partial charge in [0.1, 0.15) is 20.8 Å². The van der Waals surface area contributed by atoms with Gasteiger partial charge in [-0.05, 0) is 47.2 Å². The number of halogens is 8. The molecule has 0 N–H and O–H groups in total. The Morgan fingerprint density at radius 3 is 1.32 bits per heavy atom. The first-order valence-electron chi connectivity index (χ1n) is 13.7. The second-order valence-corrected chi connectivity index (χ2v) is 12.5. The first-order valence-corrected chi connectivity index (χ1v) is 15.3. The molecule has 248 valence electrons. The maximum absolute atomic E-state index is 14.2. The largest absolute Gasteiger partial charge is 0.435 e. The van der Waals surface area contributed by atoms with E-state index in [1.165, 1.54) is 12.4 Å². The number of nitrogens with zero attached hydrogens (tertiary/aromatic N) is 4. The summed E-state index contributed by atoms with van der Waals surface area (Å²) < 4.78 is 121. The van der Waals surface area contributed by atoms with E-state index in [-0.39, 0.29) is 43.7 Å². The molecule has 0 aliphatic carbocycles. The fourth-order valence-corrected chi connectivity index (χ4v) is 6.56. The number of thiazole rings is 2. The number of hydrogen-bond donors (Lipinski definition) is 0. The summed E-state index contributed by atoms with van der Waals surface area (Å²) in [7, 11) is 0. The van der Waals surface area contributed by atoms with Gasteiger partial charge in [-0.2, -0.15) is 0 Å². The Kier molecular flexibility index (Phi) is 7.12. The highest BCUT2D eigenvalue weighted by atomic mass is 32.1. The summed E-state index contributed by atoms with van der Waals surface area (Å²) in [4.78, 5) is 42.4. The average molecular weight is 729 g/mol. The van der Waals surface area contributed by atoms with Crippen LogP contribution in [0.4, 0.5) is 35.1 Å². The predicted molar refractivity (Wildman–Crippen MR) is 161 cm³/mol. The van der Waals surface area contributed by atoms with Crippen LogP contribution in [0.25, 0.3) is 54.5 Å². The molecule has 8 rings (SSSR count). The van der Waals surface area contributed by atoms with E-state index in [4.69, 9.17) is 8.83 Å². The van der Waals surface area contributed by atoms with E-state index in [2.05, 4.69) is 19.9 Å². The maximum Gasteiger partial charge on any atom is 0.239 e. The number of ketones is 2. The molecule has 0 bridgehead atoms. The van der Waals surface area contributed by atoms with E-state index in [1.807, 2.05) is 0 Å². The van der Waals surface area contributed by atoms with Gasteiger partial charge in [-0.15, -0.1) is 22.7 Å². The Morgan fingerprint density at radius 2 is 0.920 bits per heavy atom. The topological polar surface area (TPSA) is 112 Å². The fourth-order valence-electron chi connectivity index (χ4n) is 4.97. The number of fused-ring (bicyclic) bond motifs is 3. The molecule has 0 fully saturated rings. The zero-order valence-electron chi connectivity index (χ0n) is 23.9. The van der Waals surface area contributed by atoms with Crippen molar-refractivity contribution in [2.75, 3.05) is 0 Å². The van der Waals surface area contributed by atoms with Crippen LogP contribution in [0.15, 0.2) is 57.6 Å². The van der Waals surface area contributed by atoms with Gasteiger partial charge in [0.25, 0.3) is 0 Å². The molecule has 0 aliphatic heterocycles. The molecular weight excluding hydrogens is 720 g/mol. The molecule has 8 aromatic rings. The molecule has 0 amide bonds. The minimum atomic E-state index is -2.13. The number of hydrogen-bond acceptors (Lipinski definition) is 10. The minimum absolute atomic E-state index is 0.0226. The second kappa shape index (κ2) is 11.3. The summed E-state index contributed by atoms with van der Waals surface area (Å²) in [6.07, 6.45) is 2.39. The first kappa shape index (κ1) is 31.4. The van der Waals surface area contributed by atoms with Crippen molar-refractivity contribution in [1.29, 1.82) is 0 Å². The van der Waals surface area contributed by atoms with Crippen LogP contribution in [-0.4, -0.2) is 31.5 Å². The van der Waals surface area contributed by atoms with Gasteiger partial charge in [0.2, 0.25) is 23.3 Å². The number of carbonyl (C=O) groups is 2. The molecule has 8 nitrogen and oxygen atoms in total. The zero-order chi connectivity index (χ0) is 35.2. The molecule has 0 aliphatic rings. The van der Waals surface area contributed by atoms with Crippen LogP contribution in [0, 0.1) is 46.5 Å². The smallest absolute Gasteiger partial charge is 0.239 e. The van der Waals surface area contributed by atoms with Gasteiger partial charge in [0.05, 0.1) is 23.5 Å². The van der Waals surface area contributed by atoms with Crippen molar-refractivity contribution >= 4 is 67.2 Å². The molecule has 0 atom stereocenters. The van der Waals surface area contributed by atoms with Crippen LogP contribution >= 0.6 is 22.7 Å². The van der Waals surface area contributed by atoms with E-state index in [1.54, 1.807) is 24.3 Å². The van der Waals surface area contributed by atoms with Crippen LogP contribution in [0.1, 0.15) is 30.7 Å². The minimum Gasteiger partial charge on any atom is -0.435 e. The number of benzene rings is 4. The molecule has 0 spiro atoms. The van der Waals surface area contributed by atoms with Crippen LogP contribution in [0.3, 0.4) is 0 Å². The van der Waals surface area contributed by atoms with E-state index < -0.39 is 69.2 Å². The summed E-state index contributed by atoms with van der Waals surface area (Å²) in [6, 6.07) is 7.09. The lowest BCUT2D eigenvalue weighted by atomic mass is 10.1. The molecule has 4 aromatic heterocycles. The quantitative estimate of drug-likeness (QED) is 0.0722. The summed E-state index contributed by atoms with van der Waals surface area (Å²) in [5.74, 6) is -17.9. The van der Waals surface area contributed by atoms with E-state index in [0.29, 0.717) is 55.6 Å². The highest BCUT2D eigenvalue weighted by molar-refractivity contribution is 7.17. The molecular formula is C32H8F8N4O4S2. The Balaban J connectivity index is 1.08. The maximum atomic E-state index is 14.2. The van der Waals surface area contributed by atoms with Crippen molar-refractivity contribution in [3.05, 3.63) is 116 Å². The standard InChI is InChI=1S/C32H8F8N4O4S2/c33-13-5-11(21(35)25(39)23(13)37)27(45)31-41-7-19(49-31)29-43-15-1-9-3-18-16(2-10(9)4-17(15)47-29)44-30(48-18)20-8-42-32(50-20)28(46)12-6-14(34)24(38)26(40)22(12)36/h1-8H. The second-order valence-electron chi connectivity index (χ2n) is 10.4.